The number of imidazole rings is 1. The monoisotopic (exact) mass is 405 g/mol. The minimum absolute atomic E-state index is 0.158. The van der Waals surface area contributed by atoms with E-state index in [0.29, 0.717) is 16.9 Å². The van der Waals surface area contributed by atoms with Crippen LogP contribution in [-0.4, -0.2) is 15.3 Å². The van der Waals surface area contributed by atoms with E-state index >= 15 is 0 Å². The zero-order chi connectivity index (χ0) is 18.1. The molecule has 0 fully saturated rings. The largest absolute Gasteiger partial charge is 0.319 e. The Labute approximate surface area is 159 Å². The summed E-state index contributed by atoms with van der Waals surface area (Å²) in [5.74, 6) is -0.158. The number of rotatable bonds is 3. The number of nitrogens with one attached hydrogen (secondary N) is 1. The number of pyridine rings is 1. The first-order valence-electron chi connectivity index (χ1n) is 8.24. The van der Waals surface area contributed by atoms with Crippen LogP contribution in [0.2, 0.25) is 0 Å². The van der Waals surface area contributed by atoms with Gasteiger partial charge in [0.05, 0.1) is 11.4 Å². The molecule has 0 aliphatic heterocycles. The zero-order valence-electron chi connectivity index (χ0n) is 14.1. The summed E-state index contributed by atoms with van der Waals surface area (Å²) < 4.78 is 2.79. The second-order valence-electron chi connectivity index (χ2n) is 5.97. The second-order valence-corrected chi connectivity index (χ2v) is 6.72. The number of amides is 1. The molecule has 2 heterocycles. The molecule has 0 saturated carbocycles. The Morgan fingerprint density at radius 3 is 2.54 bits per heavy atom. The highest BCUT2D eigenvalue weighted by Gasteiger charge is 2.15. The lowest BCUT2D eigenvalue weighted by molar-refractivity contribution is 0.102. The lowest BCUT2D eigenvalue weighted by Gasteiger charge is -2.11. The molecule has 0 bridgehead atoms. The number of fused-ring (bicyclic) bond motifs is 1. The third-order valence-corrected chi connectivity index (χ3v) is 5.21. The fourth-order valence-electron chi connectivity index (χ4n) is 2.99. The van der Waals surface area contributed by atoms with Crippen LogP contribution < -0.4 is 5.32 Å². The van der Waals surface area contributed by atoms with Gasteiger partial charge in [0.15, 0.2) is 5.65 Å². The third kappa shape index (κ3) is 2.91. The molecule has 2 aromatic carbocycles. The molecule has 0 aliphatic carbocycles. The van der Waals surface area contributed by atoms with E-state index < -0.39 is 0 Å². The minimum atomic E-state index is -0.158. The standard InChI is InChI=1S/C21H16BrN3O/c1-14-19(22)25-13-7-12-18(20(25)23-14)24-21(26)17-11-6-5-10-16(17)15-8-3-2-4-9-15/h2-13H,1H3,(H,24,26). The van der Waals surface area contributed by atoms with Gasteiger partial charge in [-0.2, -0.15) is 0 Å². The molecule has 0 saturated heterocycles. The normalized spacial score (nSPS) is 10.8. The summed E-state index contributed by atoms with van der Waals surface area (Å²) >= 11 is 3.53. The van der Waals surface area contributed by atoms with Crippen LogP contribution in [0.4, 0.5) is 5.69 Å². The molecule has 4 nitrogen and oxygen atoms in total. The van der Waals surface area contributed by atoms with Gasteiger partial charge < -0.3 is 5.32 Å². The summed E-state index contributed by atoms with van der Waals surface area (Å²) in [5.41, 5.74) is 4.80. The summed E-state index contributed by atoms with van der Waals surface area (Å²) in [6.07, 6.45) is 1.91. The smallest absolute Gasteiger partial charge is 0.256 e. The van der Waals surface area contributed by atoms with Crippen molar-refractivity contribution in [3.8, 4) is 11.1 Å². The molecule has 5 heteroatoms. The van der Waals surface area contributed by atoms with Gasteiger partial charge in [-0.3, -0.25) is 9.20 Å². The molecule has 0 radical (unpaired) electrons. The maximum Gasteiger partial charge on any atom is 0.256 e. The van der Waals surface area contributed by atoms with E-state index in [1.165, 1.54) is 0 Å². The summed E-state index contributed by atoms with van der Waals surface area (Å²) in [5, 5.41) is 3.01. The van der Waals surface area contributed by atoms with Crippen molar-refractivity contribution in [2.75, 3.05) is 5.32 Å². The average Bonchev–Trinajstić information content (AvgIpc) is 2.98. The van der Waals surface area contributed by atoms with Crippen molar-refractivity contribution < 1.29 is 4.79 Å². The average molecular weight is 406 g/mol. The molecule has 0 atom stereocenters. The number of hydrogen-bond acceptors (Lipinski definition) is 2. The molecule has 2 aromatic heterocycles. The Kier molecular flexibility index (Phi) is 4.31. The first-order chi connectivity index (χ1) is 12.6. The van der Waals surface area contributed by atoms with Crippen molar-refractivity contribution in [3.63, 3.8) is 0 Å². The SMILES string of the molecule is Cc1nc2c(NC(=O)c3ccccc3-c3ccccc3)cccn2c1Br. The Morgan fingerprint density at radius 2 is 1.73 bits per heavy atom. The fraction of sp³-hybridized carbons (Fsp3) is 0.0476. The van der Waals surface area contributed by atoms with Crippen molar-refractivity contribution in [1.29, 1.82) is 0 Å². The lowest BCUT2D eigenvalue weighted by atomic mass is 9.99. The van der Waals surface area contributed by atoms with Crippen LogP contribution >= 0.6 is 15.9 Å². The molecule has 1 amide bonds. The first-order valence-corrected chi connectivity index (χ1v) is 9.03. The number of benzene rings is 2. The molecule has 0 unspecified atom stereocenters. The van der Waals surface area contributed by atoms with Gasteiger partial charge in [0.25, 0.3) is 5.91 Å². The van der Waals surface area contributed by atoms with E-state index in [2.05, 4.69) is 26.2 Å². The first kappa shape index (κ1) is 16.5. The predicted octanol–water partition coefficient (Wildman–Crippen LogP) is 5.32. The van der Waals surface area contributed by atoms with Gasteiger partial charge in [-0.1, -0.05) is 48.5 Å². The van der Waals surface area contributed by atoms with Crippen molar-refractivity contribution in [2.24, 2.45) is 0 Å². The molecular formula is C21H16BrN3O. The molecule has 26 heavy (non-hydrogen) atoms. The number of anilines is 1. The fourth-order valence-corrected chi connectivity index (χ4v) is 3.36. The highest BCUT2D eigenvalue weighted by molar-refractivity contribution is 9.10. The minimum Gasteiger partial charge on any atom is -0.319 e. The third-order valence-electron chi connectivity index (χ3n) is 4.26. The number of halogens is 1. The maximum absolute atomic E-state index is 13.0. The van der Waals surface area contributed by atoms with Crippen molar-refractivity contribution >= 4 is 33.2 Å². The molecule has 4 rings (SSSR count). The quantitative estimate of drug-likeness (QED) is 0.500. The van der Waals surface area contributed by atoms with Crippen molar-refractivity contribution in [3.05, 3.63) is 88.8 Å². The topological polar surface area (TPSA) is 46.4 Å². The van der Waals surface area contributed by atoms with E-state index in [0.717, 1.165) is 21.4 Å². The number of aryl methyl sites for hydroxylation is 1. The number of aromatic nitrogens is 2. The maximum atomic E-state index is 13.0. The summed E-state index contributed by atoms with van der Waals surface area (Å²) in [6, 6.07) is 21.3. The number of carbonyl (C=O) groups excluding carboxylic acids is 1. The molecule has 4 aromatic rings. The summed E-state index contributed by atoms with van der Waals surface area (Å²) in [6.45, 7) is 1.92. The Hall–Kier alpha value is -2.92. The number of carbonyl (C=O) groups is 1. The molecule has 1 N–H and O–H groups in total. The van der Waals surface area contributed by atoms with Crippen molar-refractivity contribution in [2.45, 2.75) is 6.92 Å². The van der Waals surface area contributed by atoms with E-state index in [-0.39, 0.29) is 5.91 Å². The van der Waals surface area contributed by atoms with E-state index in [1.54, 1.807) is 0 Å². The van der Waals surface area contributed by atoms with Gasteiger partial charge in [0.1, 0.15) is 4.60 Å². The van der Waals surface area contributed by atoms with E-state index in [1.807, 2.05) is 84.3 Å². The summed E-state index contributed by atoms with van der Waals surface area (Å²) in [7, 11) is 0. The van der Waals surface area contributed by atoms with Gasteiger partial charge in [-0.25, -0.2) is 4.98 Å². The van der Waals surface area contributed by atoms with Gasteiger partial charge in [-0.15, -0.1) is 0 Å². The van der Waals surface area contributed by atoms with Crippen molar-refractivity contribution in [1.82, 2.24) is 9.38 Å². The Morgan fingerprint density at radius 1 is 1.00 bits per heavy atom. The second kappa shape index (κ2) is 6.77. The van der Waals surface area contributed by atoms with Gasteiger partial charge >= 0.3 is 0 Å². The van der Waals surface area contributed by atoms with Crippen LogP contribution in [0.3, 0.4) is 0 Å². The Balaban J connectivity index is 1.74. The Bertz CT molecular complexity index is 1100. The van der Waals surface area contributed by atoms with Crippen LogP contribution in [0, 0.1) is 6.92 Å². The van der Waals surface area contributed by atoms with Gasteiger partial charge in [-0.05, 0) is 52.2 Å². The van der Waals surface area contributed by atoms with Gasteiger partial charge in [0.2, 0.25) is 0 Å². The van der Waals surface area contributed by atoms with Crippen LogP contribution in [0.1, 0.15) is 16.1 Å². The van der Waals surface area contributed by atoms with E-state index in [9.17, 15) is 4.79 Å². The molecular weight excluding hydrogens is 390 g/mol. The number of hydrogen-bond donors (Lipinski definition) is 1. The van der Waals surface area contributed by atoms with Crippen LogP contribution in [0.25, 0.3) is 16.8 Å². The molecule has 0 spiro atoms. The van der Waals surface area contributed by atoms with E-state index in [4.69, 9.17) is 0 Å². The highest BCUT2D eigenvalue weighted by atomic mass is 79.9. The predicted molar refractivity (Wildman–Crippen MR) is 107 cm³/mol. The lowest BCUT2D eigenvalue weighted by Crippen LogP contribution is -2.14. The van der Waals surface area contributed by atoms with Crippen LogP contribution in [0.5, 0.6) is 0 Å². The van der Waals surface area contributed by atoms with Crippen LogP contribution in [-0.2, 0) is 0 Å². The van der Waals surface area contributed by atoms with Crippen LogP contribution in [0.15, 0.2) is 77.5 Å². The van der Waals surface area contributed by atoms with Gasteiger partial charge in [0, 0.05) is 11.8 Å². The highest BCUT2D eigenvalue weighted by Crippen LogP contribution is 2.27. The molecule has 0 aliphatic rings. The molecule has 128 valence electrons. The summed E-state index contributed by atoms with van der Waals surface area (Å²) in [4.78, 5) is 17.5. The number of nitrogens with zero attached hydrogens (tertiary/aromatic N) is 2. The zero-order valence-corrected chi connectivity index (χ0v) is 15.7.